The lowest BCUT2D eigenvalue weighted by Crippen LogP contribution is -2.50. The van der Waals surface area contributed by atoms with Gasteiger partial charge < -0.3 is 10.5 Å². The Labute approximate surface area is 137 Å². The Morgan fingerprint density at radius 1 is 1.39 bits per heavy atom. The number of morpholine rings is 1. The normalized spacial score (nSPS) is 33.0. The van der Waals surface area contributed by atoms with Crippen molar-refractivity contribution in [2.75, 3.05) is 32.8 Å². The van der Waals surface area contributed by atoms with Gasteiger partial charge in [0.15, 0.2) is 0 Å². The highest BCUT2D eigenvalue weighted by atomic mass is 32.2. The molecule has 2 saturated carbocycles. The minimum Gasteiger partial charge on any atom is -0.379 e. The number of carbonyl (C=O) groups is 1. The Balaban J connectivity index is 1.58. The maximum Gasteiger partial charge on any atom is 0.254 e. The number of amides is 1. The summed E-state index contributed by atoms with van der Waals surface area (Å²) in [6.07, 6.45) is 3.80. The first-order valence-corrected chi connectivity index (χ1v) is 9.60. The van der Waals surface area contributed by atoms with E-state index in [4.69, 9.17) is 10.5 Å². The van der Waals surface area contributed by atoms with Crippen LogP contribution in [-0.4, -0.2) is 62.4 Å². The predicted molar refractivity (Wildman–Crippen MR) is 86.1 cm³/mol. The summed E-state index contributed by atoms with van der Waals surface area (Å²) < 4.78 is 31.9. The average molecular weight is 343 g/mol. The molecule has 130 valence electrons. The summed E-state index contributed by atoms with van der Waals surface area (Å²) in [7, 11) is -3.70. The van der Waals surface area contributed by atoms with E-state index >= 15 is 0 Å². The van der Waals surface area contributed by atoms with Crippen molar-refractivity contribution in [1.82, 2.24) is 9.62 Å². The van der Waals surface area contributed by atoms with Crippen molar-refractivity contribution in [3.8, 4) is 0 Å². The standard InChI is InChI=1S/C15H25N3O4S/c1-2-12-11-15(12,16)13(19)17-23(20,21)14(3-4-14)5-6-18-7-9-22-10-8-18/h2,12H,1,3-11,16H2,(H,17,19)/t12-,15-/m1/s1. The van der Waals surface area contributed by atoms with Crippen molar-refractivity contribution >= 4 is 15.9 Å². The average Bonchev–Trinajstić information content (AvgIpc) is 3.42. The highest BCUT2D eigenvalue weighted by molar-refractivity contribution is 7.91. The van der Waals surface area contributed by atoms with E-state index in [1.165, 1.54) is 0 Å². The molecule has 2 atom stereocenters. The van der Waals surface area contributed by atoms with Crippen LogP contribution in [0.4, 0.5) is 0 Å². The summed E-state index contributed by atoms with van der Waals surface area (Å²) in [6, 6.07) is 0. The molecule has 0 aromatic carbocycles. The maximum atomic E-state index is 12.6. The zero-order valence-electron chi connectivity index (χ0n) is 13.3. The lowest BCUT2D eigenvalue weighted by Gasteiger charge is -2.28. The van der Waals surface area contributed by atoms with Crippen molar-refractivity contribution in [2.24, 2.45) is 11.7 Å². The van der Waals surface area contributed by atoms with Crippen molar-refractivity contribution in [2.45, 2.75) is 36.0 Å². The minimum atomic E-state index is -3.70. The Hall–Kier alpha value is -0.960. The first kappa shape index (κ1) is 16.9. The molecule has 0 aromatic rings. The van der Waals surface area contributed by atoms with Crippen LogP contribution in [0.1, 0.15) is 25.7 Å². The molecule has 3 fully saturated rings. The summed E-state index contributed by atoms with van der Waals surface area (Å²) >= 11 is 0. The number of hydrogen-bond acceptors (Lipinski definition) is 6. The molecule has 3 aliphatic rings. The number of rotatable bonds is 7. The van der Waals surface area contributed by atoms with Crippen LogP contribution in [0.15, 0.2) is 12.7 Å². The number of hydrogen-bond donors (Lipinski definition) is 2. The van der Waals surface area contributed by atoms with E-state index in [9.17, 15) is 13.2 Å². The maximum absolute atomic E-state index is 12.6. The quantitative estimate of drug-likeness (QED) is 0.610. The van der Waals surface area contributed by atoms with Crippen LogP contribution in [0.2, 0.25) is 0 Å². The van der Waals surface area contributed by atoms with E-state index in [-0.39, 0.29) is 5.92 Å². The predicted octanol–water partition coefficient (Wildman–Crippen LogP) is -0.409. The van der Waals surface area contributed by atoms with Gasteiger partial charge in [-0.15, -0.1) is 6.58 Å². The van der Waals surface area contributed by atoms with E-state index < -0.39 is 26.2 Å². The summed E-state index contributed by atoms with van der Waals surface area (Å²) in [6.45, 7) is 7.36. The van der Waals surface area contributed by atoms with Crippen molar-refractivity contribution in [3.63, 3.8) is 0 Å². The van der Waals surface area contributed by atoms with Crippen LogP contribution in [0, 0.1) is 5.92 Å². The van der Waals surface area contributed by atoms with Crippen molar-refractivity contribution in [1.29, 1.82) is 0 Å². The molecular weight excluding hydrogens is 318 g/mol. The van der Waals surface area contributed by atoms with Crippen LogP contribution < -0.4 is 10.5 Å². The van der Waals surface area contributed by atoms with Crippen molar-refractivity contribution < 1.29 is 17.9 Å². The number of carbonyl (C=O) groups excluding carboxylic acids is 1. The Bertz CT molecular complexity index is 596. The lowest BCUT2D eigenvalue weighted by atomic mass is 10.2. The molecule has 1 amide bonds. The lowest BCUT2D eigenvalue weighted by molar-refractivity contribution is -0.121. The summed E-state index contributed by atoms with van der Waals surface area (Å²) in [5, 5.41) is 0. The van der Waals surface area contributed by atoms with E-state index in [1.807, 2.05) is 0 Å². The monoisotopic (exact) mass is 343 g/mol. The van der Waals surface area contributed by atoms with Gasteiger partial charge in [-0.05, 0) is 32.2 Å². The van der Waals surface area contributed by atoms with Gasteiger partial charge in [0.1, 0.15) is 5.54 Å². The number of nitrogens with two attached hydrogens (primary N) is 1. The Kier molecular flexibility index (Phi) is 4.29. The molecule has 1 aliphatic heterocycles. The molecule has 3 N–H and O–H groups in total. The van der Waals surface area contributed by atoms with E-state index in [0.29, 0.717) is 45.4 Å². The highest BCUT2D eigenvalue weighted by Crippen LogP contribution is 2.47. The number of nitrogens with one attached hydrogen (secondary N) is 1. The van der Waals surface area contributed by atoms with Crippen LogP contribution in [-0.2, 0) is 19.6 Å². The molecule has 8 heteroatoms. The van der Waals surface area contributed by atoms with Gasteiger partial charge in [0.2, 0.25) is 10.0 Å². The molecule has 0 aromatic heterocycles. The third-order valence-electron chi connectivity index (χ3n) is 5.36. The second kappa shape index (κ2) is 5.84. The van der Waals surface area contributed by atoms with Gasteiger partial charge in [-0.1, -0.05) is 6.08 Å². The summed E-state index contributed by atoms with van der Waals surface area (Å²) in [5.74, 6) is -0.735. The summed E-state index contributed by atoms with van der Waals surface area (Å²) in [5.41, 5.74) is 4.83. The fourth-order valence-electron chi connectivity index (χ4n) is 3.16. The van der Waals surface area contributed by atoms with Gasteiger partial charge in [-0.3, -0.25) is 14.4 Å². The van der Waals surface area contributed by atoms with Crippen LogP contribution in [0.5, 0.6) is 0 Å². The molecule has 0 spiro atoms. The number of ether oxygens (including phenoxy) is 1. The van der Waals surface area contributed by atoms with Crippen LogP contribution >= 0.6 is 0 Å². The molecule has 7 nitrogen and oxygen atoms in total. The van der Waals surface area contributed by atoms with E-state index in [2.05, 4.69) is 16.2 Å². The molecule has 2 aliphatic carbocycles. The molecule has 0 bridgehead atoms. The largest absolute Gasteiger partial charge is 0.379 e. The summed E-state index contributed by atoms with van der Waals surface area (Å²) in [4.78, 5) is 14.4. The fraction of sp³-hybridized carbons (Fsp3) is 0.800. The molecular formula is C15H25N3O4S. The Morgan fingerprint density at radius 2 is 2.04 bits per heavy atom. The SMILES string of the molecule is C=C[C@@H]1C[C@]1(N)C(=O)NS(=O)(=O)C1(CCN2CCOCC2)CC1. The van der Waals surface area contributed by atoms with Gasteiger partial charge in [0.25, 0.3) is 5.91 Å². The van der Waals surface area contributed by atoms with Crippen LogP contribution in [0.25, 0.3) is 0 Å². The number of nitrogens with zero attached hydrogens (tertiary/aromatic N) is 1. The van der Waals surface area contributed by atoms with Crippen LogP contribution in [0.3, 0.4) is 0 Å². The van der Waals surface area contributed by atoms with Gasteiger partial charge >= 0.3 is 0 Å². The molecule has 1 saturated heterocycles. The molecule has 3 rings (SSSR count). The zero-order valence-corrected chi connectivity index (χ0v) is 14.1. The molecule has 23 heavy (non-hydrogen) atoms. The van der Waals surface area contributed by atoms with Gasteiger partial charge in [-0.25, -0.2) is 8.42 Å². The first-order chi connectivity index (χ1) is 10.8. The highest BCUT2D eigenvalue weighted by Gasteiger charge is 2.60. The smallest absolute Gasteiger partial charge is 0.254 e. The molecule has 0 radical (unpaired) electrons. The second-order valence-corrected chi connectivity index (χ2v) is 8.99. The number of sulfonamides is 1. The van der Waals surface area contributed by atoms with Gasteiger partial charge in [-0.2, -0.15) is 0 Å². The third-order valence-corrected chi connectivity index (χ3v) is 7.57. The fourth-order valence-corrected chi connectivity index (χ4v) is 4.81. The van der Waals surface area contributed by atoms with Crippen molar-refractivity contribution in [3.05, 3.63) is 12.7 Å². The molecule has 1 heterocycles. The minimum absolute atomic E-state index is 0.138. The topological polar surface area (TPSA) is 102 Å². The van der Waals surface area contributed by atoms with E-state index in [1.54, 1.807) is 6.08 Å². The third kappa shape index (κ3) is 3.17. The first-order valence-electron chi connectivity index (χ1n) is 8.11. The molecule has 0 unspecified atom stereocenters. The van der Waals surface area contributed by atoms with Gasteiger partial charge in [0, 0.05) is 19.0 Å². The Morgan fingerprint density at radius 3 is 2.57 bits per heavy atom. The zero-order chi connectivity index (χ0) is 16.7. The second-order valence-electron chi connectivity index (χ2n) is 6.91. The van der Waals surface area contributed by atoms with E-state index in [0.717, 1.165) is 13.1 Å². The van der Waals surface area contributed by atoms with Gasteiger partial charge in [0.05, 0.1) is 18.0 Å².